The number of rotatable bonds is 7. The number of benzene rings is 1. The molecule has 0 radical (unpaired) electrons. The second kappa shape index (κ2) is 8.34. The van der Waals surface area contributed by atoms with Gasteiger partial charge in [-0.2, -0.15) is 0 Å². The van der Waals surface area contributed by atoms with E-state index in [0.29, 0.717) is 5.69 Å². The van der Waals surface area contributed by atoms with Crippen molar-refractivity contribution in [1.29, 1.82) is 0 Å². The van der Waals surface area contributed by atoms with Crippen molar-refractivity contribution in [3.8, 4) is 0 Å². The van der Waals surface area contributed by atoms with Crippen LogP contribution in [0.1, 0.15) is 45.3 Å². The number of hydrogen-bond donors (Lipinski definition) is 0. The van der Waals surface area contributed by atoms with E-state index in [1.54, 1.807) is 12.3 Å². The van der Waals surface area contributed by atoms with Crippen LogP contribution in [0.4, 0.5) is 5.69 Å². The maximum absolute atomic E-state index is 12.2. The summed E-state index contributed by atoms with van der Waals surface area (Å²) in [6.45, 7) is 3.65. The maximum Gasteiger partial charge on any atom is 0.338 e. The molecule has 25 heavy (non-hydrogen) atoms. The number of hydrogen-bond acceptors (Lipinski definition) is 8. The maximum atomic E-state index is 12.2. The fourth-order valence-corrected chi connectivity index (χ4v) is 2.70. The van der Waals surface area contributed by atoms with E-state index in [9.17, 15) is 19.7 Å². The van der Waals surface area contributed by atoms with Gasteiger partial charge in [0.1, 0.15) is 6.61 Å². The molecule has 0 fully saturated rings. The molecular weight excluding hydrogens is 348 g/mol. The van der Waals surface area contributed by atoms with E-state index in [1.165, 1.54) is 17.4 Å². The van der Waals surface area contributed by atoms with Gasteiger partial charge in [0.25, 0.3) is 5.69 Å². The molecule has 0 aliphatic rings. The molecule has 0 aliphatic carbocycles. The fourth-order valence-electron chi connectivity index (χ4n) is 1.97. The van der Waals surface area contributed by atoms with Gasteiger partial charge in [-0.25, -0.2) is 14.6 Å². The molecule has 0 saturated carbocycles. The Morgan fingerprint density at radius 1 is 1.16 bits per heavy atom. The molecule has 0 bridgehead atoms. The summed E-state index contributed by atoms with van der Waals surface area (Å²) in [5.41, 5.74) is 0.0406. The highest BCUT2D eigenvalue weighted by atomic mass is 32.1. The molecule has 0 spiro atoms. The molecule has 132 valence electrons. The van der Waals surface area contributed by atoms with Crippen LogP contribution < -0.4 is 0 Å². The van der Waals surface area contributed by atoms with Crippen LogP contribution in [-0.2, 0) is 22.5 Å². The number of ether oxygens (including phenoxy) is 2. The van der Waals surface area contributed by atoms with Crippen LogP contribution in [0.15, 0.2) is 23.6 Å². The predicted molar refractivity (Wildman–Crippen MR) is 89.7 cm³/mol. The van der Waals surface area contributed by atoms with Gasteiger partial charge >= 0.3 is 11.9 Å². The first kappa shape index (κ1) is 18.5. The predicted octanol–water partition coefficient (Wildman–Crippen LogP) is 3.15. The van der Waals surface area contributed by atoms with Crippen LogP contribution in [0.3, 0.4) is 0 Å². The Kier molecular flexibility index (Phi) is 6.18. The summed E-state index contributed by atoms with van der Waals surface area (Å²) in [4.78, 5) is 38.6. The number of aryl methyl sites for hydroxylation is 1. The Morgan fingerprint density at radius 2 is 1.80 bits per heavy atom. The number of aromatic nitrogens is 1. The number of nitro groups is 1. The Labute approximate surface area is 147 Å². The van der Waals surface area contributed by atoms with E-state index >= 15 is 0 Å². The van der Waals surface area contributed by atoms with Gasteiger partial charge in [-0.3, -0.25) is 10.1 Å². The molecule has 0 aliphatic heterocycles. The zero-order valence-electron chi connectivity index (χ0n) is 13.7. The molecule has 0 unspecified atom stereocenters. The Bertz CT molecular complexity index is 802. The van der Waals surface area contributed by atoms with Gasteiger partial charge in [0.05, 0.1) is 33.4 Å². The first-order valence-electron chi connectivity index (χ1n) is 7.51. The van der Waals surface area contributed by atoms with Gasteiger partial charge < -0.3 is 9.47 Å². The smallest absolute Gasteiger partial charge is 0.338 e. The van der Waals surface area contributed by atoms with E-state index in [-0.39, 0.29) is 30.0 Å². The normalized spacial score (nSPS) is 10.3. The van der Waals surface area contributed by atoms with Crippen molar-refractivity contribution >= 4 is 29.0 Å². The average molecular weight is 364 g/mol. The lowest BCUT2D eigenvalue weighted by Gasteiger charge is -2.06. The first-order chi connectivity index (χ1) is 11.9. The SMILES string of the molecule is CCOC(=O)c1cc(C(=O)OCc2csc(CC)n2)cc([N+](=O)[O-])c1. The van der Waals surface area contributed by atoms with E-state index in [1.807, 2.05) is 6.92 Å². The number of nitrogens with zero attached hydrogens (tertiary/aromatic N) is 2. The molecule has 1 aromatic carbocycles. The second-order valence-electron chi connectivity index (χ2n) is 4.91. The Morgan fingerprint density at radius 3 is 2.32 bits per heavy atom. The minimum absolute atomic E-state index is 0.0488. The molecule has 1 aromatic heterocycles. The molecule has 8 nitrogen and oxygen atoms in total. The topological polar surface area (TPSA) is 109 Å². The quantitative estimate of drug-likeness (QED) is 0.422. The first-order valence-corrected chi connectivity index (χ1v) is 8.39. The zero-order valence-corrected chi connectivity index (χ0v) is 14.5. The molecule has 0 N–H and O–H groups in total. The summed E-state index contributed by atoms with van der Waals surface area (Å²) < 4.78 is 9.95. The standard InChI is InChI=1S/C16H16N2O6S/c1-3-14-17-12(9-25-14)8-24-16(20)11-5-10(15(19)23-4-2)6-13(7-11)18(21)22/h5-7,9H,3-4,8H2,1-2H3. The van der Waals surface area contributed by atoms with Crippen LogP contribution in [0.5, 0.6) is 0 Å². The van der Waals surface area contributed by atoms with E-state index in [0.717, 1.165) is 23.6 Å². The van der Waals surface area contributed by atoms with Crippen molar-refractivity contribution in [3.05, 3.63) is 55.5 Å². The number of non-ortho nitro benzene ring substituents is 1. The lowest BCUT2D eigenvalue weighted by Crippen LogP contribution is -2.10. The van der Waals surface area contributed by atoms with E-state index in [4.69, 9.17) is 9.47 Å². The summed E-state index contributed by atoms with van der Waals surface area (Å²) in [6, 6.07) is 3.33. The highest BCUT2D eigenvalue weighted by molar-refractivity contribution is 7.09. The summed E-state index contributed by atoms with van der Waals surface area (Å²) in [6.07, 6.45) is 0.784. The molecule has 0 saturated heterocycles. The van der Waals surface area contributed by atoms with Crippen molar-refractivity contribution in [2.75, 3.05) is 6.61 Å². The highest BCUT2D eigenvalue weighted by Gasteiger charge is 2.19. The highest BCUT2D eigenvalue weighted by Crippen LogP contribution is 2.20. The van der Waals surface area contributed by atoms with E-state index in [2.05, 4.69) is 4.98 Å². The van der Waals surface area contributed by atoms with Gasteiger partial charge in [0.2, 0.25) is 0 Å². The van der Waals surface area contributed by atoms with Crippen molar-refractivity contribution < 1.29 is 24.0 Å². The lowest BCUT2D eigenvalue weighted by molar-refractivity contribution is -0.384. The minimum Gasteiger partial charge on any atom is -0.462 e. The van der Waals surface area contributed by atoms with Gasteiger partial charge in [0.15, 0.2) is 0 Å². The summed E-state index contributed by atoms with van der Waals surface area (Å²) in [7, 11) is 0. The third kappa shape index (κ3) is 4.83. The molecule has 1 heterocycles. The third-order valence-electron chi connectivity index (χ3n) is 3.13. The molecule has 0 atom stereocenters. The van der Waals surface area contributed by atoms with Crippen LogP contribution in [0.25, 0.3) is 0 Å². The van der Waals surface area contributed by atoms with E-state index < -0.39 is 16.9 Å². The number of thiazole rings is 1. The van der Waals surface area contributed by atoms with Crippen LogP contribution >= 0.6 is 11.3 Å². The zero-order chi connectivity index (χ0) is 18.4. The molecule has 0 amide bonds. The van der Waals surface area contributed by atoms with Crippen LogP contribution in [0.2, 0.25) is 0 Å². The van der Waals surface area contributed by atoms with Gasteiger partial charge in [-0.05, 0) is 19.4 Å². The molecule has 9 heteroatoms. The average Bonchev–Trinajstić information content (AvgIpc) is 3.07. The number of carbonyl (C=O) groups is 2. The van der Waals surface area contributed by atoms with Crippen molar-refractivity contribution in [2.24, 2.45) is 0 Å². The number of carbonyl (C=O) groups excluding carboxylic acids is 2. The van der Waals surface area contributed by atoms with Crippen LogP contribution in [-0.4, -0.2) is 28.5 Å². The summed E-state index contributed by atoms with van der Waals surface area (Å²) >= 11 is 1.46. The van der Waals surface area contributed by atoms with Gasteiger partial charge in [-0.1, -0.05) is 6.92 Å². The number of esters is 2. The Hall–Kier alpha value is -2.81. The fraction of sp³-hybridized carbons (Fsp3) is 0.312. The third-order valence-corrected chi connectivity index (χ3v) is 4.17. The van der Waals surface area contributed by atoms with Crippen molar-refractivity contribution in [2.45, 2.75) is 26.9 Å². The number of nitro benzene ring substituents is 1. The van der Waals surface area contributed by atoms with Crippen LogP contribution in [0, 0.1) is 10.1 Å². The van der Waals surface area contributed by atoms with Gasteiger partial charge in [0, 0.05) is 17.5 Å². The van der Waals surface area contributed by atoms with Crippen molar-refractivity contribution in [1.82, 2.24) is 4.98 Å². The Balaban J connectivity index is 2.19. The van der Waals surface area contributed by atoms with Crippen molar-refractivity contribution in [3.63, 3.8) is 0 Å². The molecular formula is C16H16N2O6S. The summed E-state index contributed by atoms with van der Waals surface area (Å²) in [5.74, 6) is -1.52. The monoisotopic (exact) mass is 364 g/mol. The largest absolute Gasteiger partial charge is 0.462 e. The second-order valence-corrected chi connectivity index (χ2v) is 5.85. The molecule has 2 aromatic rings. The van der Waals surface area contributed by atoms with Gasteiger partial charge in [-0.15, -0.1) is 11.3 Å². The molecule has 2 rings (SSSR count). The lowest BCUT2D eigenvalue weighted by atomic mass is 10.1. The minimum atomic E-state index is -0.778. The summed E-state index contributed by atoms with van der Waals surface area (Å²) in [5, 5.41) is 13.7.